The number of nitrogens with zero attached hydrogens (tertiary/aromatic N) is 3. The van der Waals surface area contributed by atoms with Gasteiger partial charge < -0.3 is 64.8 Å². The lowest BCUT2D eigenvalue weighted by Crippen LogP contribution is -2.54. The molecule has 2 fully saturated rings. The Labute approximate surface area is 492 Å². The number of hydrogen-bond acceptors (Lipinski definition) is 17. The van der Waals surface area contributed by atoms with Gasteiger partial charge in [-0.25, -0.2) is 9.59 Å². The molecule has 23 heteroatoms. The van der Waals surface area contributed by atoms with Gasteiger partial charge in [0.25, 0.3) is 11.8 Å². The molecule has 1 aromatic carbocycles. The number of esters is 2. The van der Waals surface area contributed by atoms with E-state index in [1.807, 2.05) is 13.8 Å². The highest BCUT2D eigenvalue weighted by Gasteiger charge is 2.47. The van der Waals surface area contributed by atoms with Gasteiger partial charge in [0.1, 0.15) is 24.8 Å². The van der Waals surface area contributed by atoms with Gasteiger partial charge in [-0.3, -0.25) is 38.5 Å². The third-order valence-electron chi connectivity index (χ3n) is 15.5. The average Bonchev–Trinajstić information content (AvgIpc) is 3.83. The number of hydrogen-bond donors (Lipinski definition) is 6. The maximum atomic E-state index is 13.9. The molecule has 5 rings (SSSR count). The molecule has 23 nitrogen and oxygen atoms in total. The van der Waals surface area contributed by atoms with E-state index < -0.39 is 89.6 Å². The molecule has 464 valence electrons. The summed E-state index contributed by atoms with van der Waals surface area (Å²) in [6.07, 6.45) is 7.63. The van der Waals surface area contributed by atoms with E-state index in [4.69, 9.17) is 23.7 Å². The number of benzene rings is 1. The molecule has 4 aliphatic rings. The van der Waals surface area contributed by atoms with Crippen molar-refractivity contribution in [1.82, 2.24) is 25.3 Å². The van der Waals surface area contributed by atoms with E-state index in [1.165, 1.54) is 35.8 Å². The van der Waals surface area contributed by atoms with E-state index in [0.717, 1.165) is 4.90 Å². The number of nitrogens with one attached hydrogen (secondary N) is 3. The molecule has 7 amide bonds. The lowest BCUT2D eigenvalue weighted by atomic mass is 9.88. The zero-order chi connectivity index (χ0) is 62.1. The number of cyclic esters (lactones) is 1. The Morgan fingerprint density at radius 3 is 2.15 bits per heavy atom. The monoisotopic (exact) mass is 1180 g/mol. The van der Waals surface area contributed by atoms with E-state index >= 15 is 0 Å². The summed E-state index contributed by atoms with van der Waals surface area (Å²) >= 11 is 0. The normalized spacial score (nSPS) is 25.7. The maximum Gasteiger partial charge on any atom is 0.410 e. The number of amides is 7. The van der Waals surface area contributed by atoms with Crippen LogP contribution in [0, 0.1) is 17.8 Å². The summed E-state index contributed by atoms with van der Waals surface area (Å²) in [6, 6.07) is 4.68. The van der Waals surface area contributed by atoms with E-state index in [0.29, 0.717) is 48.9 Å². The quantitative estimate of drug-likeness (QED) is 0.0145. The van der Waals surface area contributed by atoms with Crippen molar-refractivity contribution in [2.45, 2.75) is 194 Å². The highest BCUT2D eigenvalue weighted by atomic mass is 16.6. The third-order valence-corrected chi connectivity index (χ3v) is 15.5. The Morgan fingerprint density at radius 2 is 1.54 bits per heavy atom. The molecule has 0 unspecified atom stereocenters. The fourth-order valence-electron chi connectivity index (χ4n) is 10.1. The van der Waals surface area contributed by atoms with Crippen LogP contribution in [0.5, 0.6) is 0 Å². The van der Waals surface area contributed by atoms with Gasteiger partial charge in [0, 0.05) is 82.2 Å². The summed E-state index contributed by atoms with van der Waals surface area (Å²) in [7, 11) is 0. The molecule has 6 N–H and O–H groups in total. The predicted octanol–water partition coefficient (Wildman–Crippen LogP) is 5.30. The summed E-state index contributed by atoms with van der Waals surface area (Å²) in [6.45, 7) is 17.4. The minimum atomic E-state index is -1.53. The van der Waals surface area contributed by atoms with Crippen LogP contribution in [0.25, 0.3) is 0 Å². The van der Waals surface area contributed by atoms with Crippen molar-refractivity contribution in [3.8, 4) is 0 Å². The van der Waals surface area contributed by atoms with Gasteiger partial charge in [-0.2, -0.15) is 0 Å². The number of carbonyl (C=O) groups excluding carboxylic acids is 9. The minimum absolute atomic E-state index is 0.0140. The summed E-state index contributed by atoms with van der Waals surface area (Å²) < 4.78 is 29.2. The summed E-state index contributed by atoms with van der Waals surface area (Å²) in [4.78, 5) is 119. The second-order valence-corrected chi connectivity index (χ2v) is 23.3. The molecule has 2 saturated heterocycles. The number of aliphatic hydroxyl groups is 3. The summed E-state index contributed by atoms with van der Waals surface area (Å²) in [5, 5.41) is 40.6. The van der Waals surface area contributed by atoms with Crippen LogP contribution in [0.15, 0.2) is 72.4 Å². The van der Waals surface area contributed by atoms with Crippen molar-refractivity contribution in [1.29, 1.82) is 0 Å². The number of rotatable bonds is 24. The first-order valence-electron chi connectivity index (χ1n) is 29.2. The van der Waals surface area contributed by atoms with Crippen molar-refractivity contribution < 1.29 is 82.2 Å². The van der Waals surface area contributed by atoms with Gasteiger partial charge in [-0.15, -0.1) is 0 Å². The van der Waals surface area contributed by atoms with Crippen LogP contribution in [-0.2, 0) is 63.9 Å². The first-order chi connectivity index (χ1) is 39.6. The van der Waals surface area contributed by atoms with Gasteiger partial charge in [-0.05, 0) is 95.1 Å². The number of epoxide rings is 1. The minimum Gasteiger partial charge on any atom is -0.457 e. The lowest BCUT2D eigenvalue weighted by Gasteiger charge is -2.39. The average molecular weight is 1180 g/mol. The van der Waals surface area contributed by atoms with Crippen molar-refractivity contribution in [2.75, 3.05) is 38.0 Å². The molecule has 0 spiro atoms. The molecule has 0 saturated carbocycles. The van der Waals surface area contributed by atoms with E-state index in [-0.39, 0.29) is 107 Å². The number of carbonyl (C=O) groups is 9. The molecule has 1 aromatic rings. The Bertz CT molecular complexity index is 2590. The van der Waals surface area contributed by atoms with Crippen LogP contribution in [-0.4, -0.2) is 176 Å². The largest absolute Gasteiger partial charge is 0.457 e. The SMILES string of the molecule is CC[C@H](O)[C@@H](C)[C@H]1O[C@@H]1C[C@@](C)(O)/C=C/C=C(\C)[C@H]1OC(=O)C[C@H](O)CC[C@@](C)(OC(=O)N2CCN(C(=O)OCc3ccc(NC(=O)[C@H](C)NC(=O)[C@@H](NC(=O)CCCCCN4C(=O)C=CC4=O)C(C)C)cc3)CC2)[C@@H](OC(C)=O)/C=C/[C@@H]1C. The number of ether oxygens (including phenoxy) is 5. The molecule has 0 aromatic heterocycles. The Balaban J connectivity index is 1.09. The molecule has 12 atom stereocenters. The second kappa shape index (κ2) is 31.3. The van der Waals surface area contributed by atoms with Crippen LogP contribution < -0.4 is 16.0 Å². The summed E-state index contributed by atoms with van der Waals surface area (Å²) in [5.74, 6) is -4.27. The van der Waals surface area contributed by atoms with Gasteiger partial charge in [0.15, 0.2) is 11.7 Å². The smallest absolute Gasteiger partial charge is 0.410 e. The zero-order valence-electron chi connectivity index (χ0n) is 50.2. The number of imide groups is 1. The third kappa shape index (κ3) is 20.7. The fourth-order valence-corrected chi connectivity index (χ4v) is 10.1. The number of aliphatic hydroxyl groups excluding tert-OH is 2. The topological polar surface area (TPSA) is 310 Å². The van der Waals surface area contributed by atoms with Gasteiger partial charge in [-0.1, -0.05) is 77.5 Å². The van der Waals surface area contributed by atoms with E-state index in [2.05, 4.69) is 16.0 Å². The molecule has 84 heavy (non-hydrogen) atoms. The van der Waals surface area contributed by atoms with Crippen molar-refractivity contribution >= 4 is 59.3 Å². The zero-order valence-corrected chi connectivity index (χ0v) is 50.2. The molecule has 0 bridgehead atoms. The molecule has 0 radical (unpaired) electrons. The van der Waals surface area contributed by atoms with Crippen LogP contribution >= 0.6 is 0 Å². The lowest BCUT2D eigenvalue weighted by molar-refractivity contribution is -0.158. The van der Waals surface area contributed by atoms with Crippen LogP contribution in [0.1, 0.15) is 133 Å². The van der Waals surface area contributed by atoms with Crippen molar-refractivity contribution in [2.24, 2.45) is 17.8 Å². The highest BCUT2D eigenvalue weighted by molar-refractivity contribution is 6.12. The predicted molar refractivity (Wildman–Crippen MR) is 308 cm³/mol. The molecule has 4 heterocycles. The fraction of sp³-hybridized carbons (Fsp3) is 0.623. The van der Waals surface area contributed by atoms with Crippen molar-refractivity contribution in [3.63, 3.8) is 0 Å². The molecule has 0 aliphatic carbocycles. The number of piperazine rings is 1. The van der Waals surface area contributed by atoms with Gasteiger partial charge in [0.2, 0.25) is 17.7 Å². The number of allylic oxidation sites excluding steroid dienone is 2. The molecular weight excluding hydrogens is 1090 g/mol. The van der Waals surface area contributed by atoms with Crippen LogP contribution in [0.4, 0.5) is 15.3 Å². The van der Waals surface area contributed by atoms with E-state index in [9.17, 15) is 58.5 Å². The maximum absolute atomic E-state index is 13.9. The Morgan fingerprint density at radius 1 is 0.893 bits per heavy atom. The number of anilines is 1. The second-order valence-electron chi connectivity index (χ2n) is 23.3. The molecule has 4 aliphatic heterocycles. The first kappa shape index (κ1) is 67.8. The van der Waals surface area contributed by atoms with Crippen LogP contribution in [0.3, 0.4) is 0 Å². The van der Waals surface area contributed by atoms with Gasteiger partial charge >= 0.3 is 24.1 Å². The van der Waals surface area contributed by atoms with E-state index in [1.54, 1.807) is 96.2 Å². The first-order valence-corrected chi connectivity index (χ1v) is 29.2. The number of unbranched alkanes of at least 4 members (excludes halogenated alkanes) is 2. The standard InChI is InChI=1S/C61H88N6O17/c1-11-46(70)40(6)55-47(82-55)35-60(9,79)27-15-16-38(4)54-39(5)18-23-48(81-42(8)68)61(10,28-26-45(69)34-52(74)83-54)84-59(78)66-32-30-65(31-33-66)58(77)80-36-43-19-21-44(22-20-43)63-56(75)41(7)62-57(76)53(37(2)3)64-49(71)17-13-12-14-29-67-50(72)24-25-51(67)73/h15-16,18-25,27,37,39-41,45-48,53-55,69-70,79H,11-14,17,26,28-36H2,1-10H3,(H,62,76)(H,63,75)(H,64,71)/b23-18+,27-15+,38-16+/t39-,40+,41-,45+,46-,47+,48-,53-,54+,55+,60-,61+/m0/s1. The van der Waals surface area contributed by atoms with Gasteiger partial charge in [0.05, 0.1) is 36.4 Å². The summed E-state index contributed by atoms with van der Waals surface area (Å²) in [5.41, 5.74) is -1.12. The Hall–Kier alpha value is -6.95. The van der Waals surface area contributed by atoms with Crippen molar-refractivity contribution in [3.05, 3.63) is 77.9 Å². The van der Waals surface area contributed by atoms with Crippen LogP contribution in [0.2, 0.25) is 0 Å². The highest BCUT2D eigenvalue weighted by Crippen LogP contribution is 2.38. The Kier molecular flexibility index (Phi) is 25.2. The molecular formula is C61H88N6O17.